The topological polar surface area (TPSA) is 28.2 Å². The number of hydrogen-bond acceptors (Lipinski definition) is 3. The molecule has 13 heavy (non-hydrogen) atoms. The first-order chi connectivity index (χ1) is 6.29. The van der Waals surface area contributed by atoms with Crippen molar-refractivity contribution in [3.8, 4) is 0 Å². The van der Waals surface area contributed by atoms with Crippen molar-refractivity contribution in [3.63, 3.8) is 0 Å². The molecule has 70 valence electrons. The van der Waals surface area contributed by atoms with E-state index in [1.165, 1.54) is 16.8 Å². The van der Waals surface area contributed by atoms with Gasteiger partial charge in [0, 0.05) is 12.7 Å². The van der Waals surface area contributed by atoms with E-state index in [1.807, 2.05) is 13.2 Å². The molecular weight excluding hydrogens is 162 g/mol. The number of rotatable bonds is 1. The van der Waals surface area contributed by atoms with Gasteiger partial charge in [0.1, 0.15) is 0 Å². The van der Waals surface area contributed by atoms with Gasteiger partial charge in [-0.1, -0.05) is 6.07 Å². The summed E-state index contributed by atoms with van der Waals surface area (Å²) in [6.07, 6.45) is 3.04. The Hall–Kier alpha value is -0.930. The van der Waals surface area contributed by atoms with Gasteiger partial charge in [0.15, 0.2) is 0 Å². The zero-order chi connectivity index (χ0) is 9.26. The van der Waals surface area contributed by atoms with E-state index in [4.69, 9.17) is 0 Å². The van der Waals surface area contributed by atoms with Gasteiger partial charge in [0.05, 0.1) is 12.2 Å². The van der Waals surface area contributed by atoms with E-state index in [0.717, 1.165) is 19.5 Å². The molecule has 0 saturated heterocycles. The van der Waals surface area contributed by atoms with Gasteiger partial charge in [0.2, 0.25) is 0 Å². The number of aromatic nitrogens is 1. The lowest BCUT2D eigenvalue weighted by atomic mass is 10.0. The van der Waals surface area contributed by atoms with Gasteiger partial charge < -0.3 is 0 Å². The molecule has 3 heteroatoms. The molecule has 0 aromatic carbocycles. The Labute approximate surface area is 78.7 Å². The van der Waals surface area contributed by atoms with Gasteiger partial charge in [-0.05, 0) is 31.5 Å². The maximum atomic E-state index is 4.44. The molecule has 1 aromatic rings. The van der Waals surface area contributed by atoms with E-state index >= 15 is 0 Å². The Bertz CT molecular complexity index is 309. The zero-order valence-electron chi connectivity index (χ0n) is 8.17. The largest absolute Gasteiger partial charge is 0.259 e. The summed E-state index contributed by atoms with van der Waals surface area (Å²) in [6.45, 7) is 4.10. The van der Waals surface area contributed by atoms with Crippen LogP contribution in [0.4, 0.5) is 0 Å². The van der Waals surface area contributed by atoms with Crippen LogP contribution in [0.1, 0.15) is 16.8 Å². The van der Waals surface area contributed by atoms with Crippen molar-refractivity contribution in [1.29, 1.82) is 0 Å². The molecule has 2 rings (SSSR count). The molecule has 0 spiro atoms. The highest BCUT2D eigenvalue weighted by molar-refractivity contribution is 5.26. The highest BCUT2D eigenvalue weighted by Crippen LogP contribution is 2.15. The van der Waals surface area contributed by atoms with Crippen molar-refractivity contribution in [3.05, 3.63) is 29.1 Å². The van der Waals surface area contributed by atoms with E-state index in [2.05, 4.69) is 28.4 Å². The summed E-state index contributed by atoms with van der Waals surface area (Å²) in [5.41, 5.74) is 7.04. The summed E-state index contributed by atoms with van der Waals surface area (Å²) >= 11 is 0. The Morgan fingerprint density at radius 1 is 1.54 bits per heavy atom. The lowest BCUT2D eigenvalue weighted by molar-refractivity contribution is 0.185. The van der Waals surface area contributed by atoms with Crippen LogP contribution in [0.5, 0.6) is 0 Å². The first-order valence-corrected chi connectivity index (χ1v) is 4.66. The highest BCUT2D eigenvalue weighted by Gasteiger charge is 2.15. The standard InChI is InChI=1S/C10H15N3/c1-8-5-9-3-4-13(11-2)7-10(9)12-6-8/h5-6,11H,3-4,7H2,1-2H3. The Morgan fingerprint density at radius 3 is 3.15 bits per heavy atom. The van der Waals surface area contributed by atoms with Crippen molar-refractivity contribution in [1.82, 2.24) is 15.4 Å². The third-order valence-corrected chi connectivity index (χ3v) is 2.50. The van der Waals surface area contributed by atoms with Crippen molar-refractivity contribution >= 4 is 0 Å². The fourth-order valence-corrected chi connectivity index (χ4v) is 1.72. The summed E-state index contributed by atoms with van der Waals surface area (Å²) in [6, 6.07) is 2.25. The second-order valence-corrected chi connectivity index (χ2v) is 3.51. The molecule has 0 unspecified atom stereocenters. The predicted molar refractivity (Wildman–Crippen MR) is 52.1 cm³/mol. The number of fused-ring (bicyclic) bond motifs is 1. The minimum atomic E-state index is 0.923. The van der Waals surface area contributed by atoms with Crippen LogP contribution in [0.25, 0.3) is 0 Å². The second-order valence-electron chi connectivity index (χ2n) is 3.51. The Kier molecular flexibility index (Phi) is 2.29. The normalized spacial score (nSPS) is 17.1. The molecule has 1 aliphatic rings. The molecule has 1 N–H and O–H groups in total. The van der Waals surface area contributed by atoms with E-state index in [-0.39, 0.29) is 0 Å². The SMILES string of the molecule is CNN1CCc2cc(C)cnc2C1. The fraction of sp³-hybridized carbons (Fsp3) is 0.500. The maximum absolute atomic E-state index is 4.44. The molecule has 2 heterocycles. The molecule has 0 radical (unpaired) electrons. The number of aryl methyl sites for hydroxylation is 1. The molecule has 0 aliphatic carbocycles. The van der Waals surface area contributed by atoms with Crippen LogP contribution in [0, 0.1) is 6.92 Å². The average Bonchev–Trinajstić information content (AvgIpc) is 2.17. The van der Waals surface area contributed by atoms with Crippen LogP contribution in [-0.4, -0.2) is 23.6 Å². The summed E-state index contributed by atoms with van der Waals surface area (Å²) in [4.78, 5) is 4.44. The number of hydrazine groups is 1. The molecule has 0 amide bonds. The monoisotopic (exact) mass is 177 g/mol. The van der Waals surface area contributed by atoms with Gasteiger partial charge >= 0.3 is 0 Å². The molecule has 1 aliphatic heterocycles. The lowest BCUT2D eigenvalue weighted by Gasteiger charge is -2.26. The van der Waals surface area contributed by atoms with E-state index in [1.54, 1.807) is 0 Å². The van der Waals surface area contributed by atoms with Crippen LogP contribution in [0.3, 0.4) is 0 Å². The minimum absolute atomic E-state index is 0.923. The van der Waals surface area contributed by atoms with Crippen molar-refractivity contribution in [2.75, 3.05) is 13.6 Å². The van der Waals surface area contributed by atoms with Gasteiger partial charge in [-0.25, -0.2) is 5.01 Å². The summed E-state index contributed by atoms with van der Waals surface area (Å²) in [7, 11) is 1.96. The second kappa shape index (κ2) is 3.44. The van der Waals surface area contributed by atoms with Crippen LogP contribution < -0.4 is 5.43 Å². The fourth-order valence-electron chi connectivity index (χ4n) is 1.72. The smallest absolute Gasteiger partial charge is 0.0591 e. The highest BCUT2D eigenvalue weighted by atomic mass is 15.5. The number of nitrogens with one attached hydrogen (secondary N) is 1. The third kappa shape index (κ3) is 1.71. The Balaban J connectivity index is 2.26. The first kappa shape index (κ1) is 8.66. The first-order valence-electron chi connectivity index (χ1n) is 4.66. The van der Waals surface area contributed by atoms with Crippen LogP contribution in [-0.2, 0) is 13.0 Å². The molecule has 0 bridgehead atoms. The molecule has 3 nitrogen and oxygen atoms in total. The summed E-state index contributed by atoms with van der Waals surface area (Å²) in [5.74, 6) is 0. The summed E-state index contributed by atoms with van der Waals surface area (Å²) in [5, 5.41) is 2.19. The minimum Gasteiger partial charge on any atom is -0.259 e. The van der Waals surface area contributed by atoms with Gasteiger partial charge in [-0.15, -0.1) is 0 Å². The quantitative estimate of drug-likeness (QED) is 0.690. The van der Waals surface area contributed by atoms with Crippen molar-refractivity contribution in [2.45, 2.75) is 19.9 Å². The van der Waals surface area contributed by atoms with Crippen LogP contribution in [0.2, 0.25) is 0 Å². The van der Waals surface area contributed by atoms with Gasteiger partial charge in [0.25, 0.3) is 0 Å². The number of hydrogen-bond donors (Lipinski definition) is 1. The van der Waals surface area contributed by atoms with E-state index in [9.17, 15) is 0 Å². The van der Waals surface area contributed by atoms with Gasteiger partial charge in [-0.2, -0.15) is 0 Å². The molecule has 1 aromatic heterocycles. The number of nitrogens with zero attached hydrogens (tertiary/aromatic N) is 2. The van der Waals surface area contributed by atoms with E-state index < -0.39 is 0 Å². The molecule has 0 atom stereocenters. The molecule has 0 saturated carbocycles. The molecule has 0 fully saturated rings. The predicted octanol–water partition coefficient (Wildman–Crippen LogP) is 0.883. The lowest BCUT2D eigenvalue weighted by Crippen LogP contribution is -2.39. The maximum Gasteiger partial charge on any atom is 0.0591 e. The number of pyridine rings is 1. The van der Waals surface area contributed by atoms with Crippen molar-refractivity contribution in [2.24, 2.45) is 0 Å². The Morgan fingerprint density at radius 2 is 2.38 bits per heavy atom. The molecular formula is C10H15N3. The summed E-state index contributed by atoms with van der Waals surface area (Å²) < 4.78 is 0. The van der Waals surface area contributed by atoms with E-state index in [0.29, 0.717) is 0 Å². The van der Waals surface area contributed by atoms with Gasteiger partial charge in [-0.3, -0.25) is 10.4 Å². The van der Waals surface area contributed by atoms with Crippen LogP contribution >= 0.6 is 0 Å². The average molecular weight is 177 g/mol. The third-order valence-electron chi connectivity index (χ3n) is 2.50. The zero-order valence-corrected chi connectivity index (χ0v) is 8.17. The van der Waals surface area contributed by atoms with Crippen molar-refractivity contribution < 1.29 is 0 Å². The van der Waals surface area contributed by atoms with Crippen LogP contribution in [0.15, 0.2) is 12.3 Å².